The molecule has 0 saturated heterocycles. The molecule has 3 rings (SSSR count). The lowest BCUT2D eigenvalue weighted by atomic mass is 10.2. The Morgan fingerprint density at radius 3 is 2.69 bits per heavy atom. The molecule has 0 aliphatic rings. The first-order chi connectivity index (χ1) is 12.4. The molecule has 0 spiro atoms. The number of amides is 1. The monoisotopic (exact) mass is 436 g/mol. The van der Waals surface area contributed by atoms with Crippen LogP contribution in [-0.2, 0) is 11.3 Å². The van der Waals surface area contributed by atoms with Gasteiger partial charge in [0.05, 0.1) is 4.92 Å². The van der Waals surface area contributed by atoms with E-state index in [2.05, 4.69) is 36.7 Å². The van der Waals surface area contributed by atoms with Crippen LogP contribution >= 0.6 is 27.5 Å². The molecule has 0 aliphatic carbocycles. The van der Waals surface area contributed by atoms with Crippen LogP contribution in [0.15, 0.2) is 46.9 Å². The van der Waals surface area contributed by atoms with Gasteiger partial charge in [-0.2, -0.15) is 4.80 Å². The molecular formula is C15H10BrClN6O3. The molecule has 0 saturated carbocycles. The van der Waals surface area contributed by atoms with E-state index in [1.54, 1.807) is 0 Å². The number of nitro benzene ring substituents is 1. The number of hydrogen-bond acceptors (Lipinski definition) is 6. The molecule has 0 aliphatic heterocycles. The van der Waals surface area contributed by atoms with Crippen molar-refractivity contribution in [1.82, 2.24) is 20.2 Å². The average molecular weight is 438 g/mol. The number of nitro groups is 1. The van der Waals surface area contributed by atoms with E-state index in [-0.39, 0.29) is 22.9 Å². The Hall–Kier alpha value is -2.85. The van der Waals surface area contributed by atoms with Crippen molar-refractivity contribution in [1.29, 1.82) is 0 Å². The first-order valence-corrected chi connectivity index (χ1v) is 8.37. The number of carbonyl (C=O) groups is 1. The summed E-state index contributed by atoms with van der Waals surface area (Å²) in [4.78, 5) is 23.7. The largest absolute Gasteiger partial charge is 0.319 e. The van der Waals surface area contributed by atoms with Crippen LogP contribution in [0.25, 0.3) is 11.4 Å². The van der Waals surface area contributed by atoms with Gasteiger partial charge in [-0.25, -0.2) is 0 Å². The number of carbonyl (C=O) groups excluding carboxylic acids is 1. The SMILES string of the molecule is O=C(Cn1nnc(-c2ccc(Br)cc2)n1)Nc1ccc(Cl)cc1[N+](=O)[O-]. The number of halogens is 2. The van der Waals surface area contributed by atoms with Crippen LogP contribution in [0.2, 0.25) is 5.02 Å². The molecular weight excluding hydrogens is 428 g/mol. The van der Waals surface area contributed by atoms with Crippen LogP contribution < -0.4 is 5.32 Å². The summed E-state index contributed by atoms with van der Waals surface area (Å²) < 4.78 is 0.914. The zero-order chi connectivity index (χ0) is 18.7. The van der Waals surface area contributed by atoms with E-state index < -0.39 is 10.8 Å². The fourth-order valence-corrected chi connectivity index (χ4v) is 2.54. The molecule has 0 bridgehead atoms. The highest BCUT2D eigenvalue weighted by molar-refractivity contribution is 9.10. The number of tetrazole rings is 1. The van der Waals surface area contributed by atoms with Crippen molar-refractivity contribution < 1.29 is 9.72 Å². The summed E-state index contributed by atoms with van der Waals surface area (Å²) in [7, 11) is 0. The van der Waals surface area contributed by atoms with Crippen LogP contribution in [-0.4, -0.2) is 31.0 Å². The van der Waals surface area contributed by atoms with Gasteiger partial charge in [-0.1, -0.05) is 27.5 Å². The van der Waals surface area contributed by atoms with Gasteiger partial charge in [-0.3, -0.25) is 14.9 Å². The molecule has 0 atom stereocenters. The van der Waals surface area contributed by atoms with Gasteiger partial charge in [0.15, 0.2) is 0 Å². The molecule has 3 aromatic rings. The highest BCUT2D eigenvalue weighted by Gasteiger charge is 2.17. The third-order valence-electron chi connectivity index (χ3n) is 3.27. The van der Waals surface area contributed by atoms with Crippen molar-refractivity contribution in [3.8, 4) is 11.4 Å². The van der Waals surface area contributed by atoms with Crippen molar-refractivity contribution >= 4 is 44.8 Å². The second-order valence-electron chi connectivity index (χ2n) is 5.12. The third-order valence-corrected chi connectivity index (χ3v) is 4.03. The lowest BCUT2D eigenvalue weighted by molar-refractivity contribution is -0.383. The highest BCUT2D eigenvalue weighted by atomic mass is 79.9. The van der Waals surface area contributed by atoms with Crippen LogP contribution in [0.4, 0.5) is 11.4 Å². The van der Waals surface area contributed by atoms with Gasteiger partial charge in [0, 0.05) is 21.1 Å². The van der Waals surface area contributed by atoms with Crippen molar-refractivity contribution in [3.05, 3.63) is 62.1 Å². The minimum Gasteiger partial charge on any atom is -0.319 e. The lowest BCUT2D eigenvalue weighted by Crippen LogP contribution is -2.21. The first kappa shape index (κ1) is 18.0. The average Bonchev–Trinajstić information content (AvgIpc) is 3.05. The quantitative estimate of drug-likeness (QED) is 0.483. The highest BCUT2D eigenvalue weighted by Crippen LogP contribution is 2.27. The second kappa shape index (κ2) is 7.58. The topological polar surface area (TPSA) is 116 Å². The minimum absolute atomic E-state index is 0.0395. The predicted molar refractivity (Wildman–Crippen MR) is 97.7 cm³/mol. The minimum atomic E-state index is -0.624. The van der Waals surface area contributed by atoms with E-state index in [1.165, 1.54) is 12.1 Å². The number of benzene rings is 2. The first-order valence-electron chi connectivity index (χ1n) is 7.20. The van der Waals surface area contributed by atoms with Crippen molar-refractivity contribution in [2.75, 3.05) is 5.32 Å². The van der Waals surface area contributed by atoms with Crippen molar-refractivity contribution in [2.45, 2.75) is 6.54 Å². The molecule has 0 unspecified atom stereocenters. The van der Waals surface area contributed by atoms with Gasteiger partial charge in [0.2, 0.25) is 11.7 Å². The lowest BCUT2D eigenvalue weighted by Gasteiger charge is -2.05. The van der Waals surface area contributed by atoms with E-state index in [0.29, 0.717) is 5.82 Å². The number of nitrogens with one attached hydrogen (secondary N) is 1. The molecule has 1 aromatic heterocycles. The molecule has 26 heavy (non-hydrogen) atoms. The van der Waals surface area contributed by atoms with Crippen molar-refractivity contribution in [2.24, 2.45) is 0 Å². The molecule has 1 N–H and O–H groups in total. The molecule has 2 aromatic carbocycles. The van der Waals surface area contributed by atoms with Crippen LogP contribution in [0.1, 0.15) is 0 Å². The summed E-state index contributed by atoms with van der Waals surface area (Å²) in [5.74, 6) is -0.169. The van der Waals surface area contributed by atoms with Crippen LogP contribution in [0, 0.1) is 10.1 Å². The van der Waals surface area contributed by atoms with Crippen LogP contribution in [0.5, 0.6) is 0 Å². The number of hydrogen-bond donors (Lipinski definition) is 1. The number of rotatable bonds is 5. The summed E-state index contributed by atoms with van der Waals surface area (Å²) in [6.45, 7) is -0.247. The summed E-state index contributed by atoms with van der Waals surface area (Å²) in [5.41, 5.74) is 0.485. The van der Waals surface area contributed by atoms with E-state index in [4.69, 9.17) is 11.6 Å². The Labute approximate surface area is 160 Å². The van der Waals surface area contributed by atoms with E-state index in [0.717, 1.165) is 20.9 Å². The molecule has 11 heteroatoms. The third kappa shape index (κ3) is 4.21. The summed E-state index contributed by atoms with van der Waals surface area (Å²) in [6.07, 6.45) is 0. The standard InChI is InChI=1S/C15H10BrClN6O3/c16-10-3-1-9(2-4-10)15-19-21-22(20-15)8-14(24)18-12-6-5-11(17)7-13(12)23(25)26/h1-7H,8H2,(H,18,24). The molecule has 1 amide bonds. The summed E-state index contributed by atoms with van der Waals surface area (Å²) in [6, 6.07) is 11.3. The predicted octanol–water partition coefficient (Wildman–Crippen LogP) is 3.30. The fourth-order valence-electron chi connectivity index (χ4n) is 2.10. The Bertz CT molecular complexity index is 976. The zero-order valence-corrected chi connectivity index (χ0v) is 15.3. The Morgan fingerprint density at radius 1 is 1.27 bits per heavy atom. The number of aromatic nitrogens is 4. The molecule has 0 radical (unpaired) electrons. The van der Waals surface area contributed by atoms with Gasteiger partial charge in [-0.15, -0.1) is 10.2 Å². The summed E-state index contributed by atoms with van der Waals surface area (Å²) in [5, 5.41) is 25.5. The Kier molecular flexibility index (Phi) is 5.24. The molecule has 9 nitrogen and oxygen atoms in total. The maximum Gasteiger partial charge on any atom is 0.294 e. The van der Waals surface area contributed by atoms with Gasteiger partial charge in [0.1, 0.15) is 12.2 Å². The normalized spacial score (nSPS) is 10.5. The maximum atomic E-state index is 12.1. The Balaban J connectivity index is 1.71. The van der Waals surface area contributed by atoms with E-state index in [1.807, 2.05) is 24.3 Å². The van der Waals surface area contributed by atoms with Gasteiger partial charge < -0.3 is 5.32 Å². The molecule has 1 heterocycles. The Morgan fingerprint density at radius 2 is 2.00 bits per heavy atom. The van der Waals surface area contributed by atoms with E-state index >= 15 is 0 Å². The maximum absolute atomic E-state index is 12.1. The number of anilines is 1. The van der Waals surface area contributed by atoms with Gasteiger partial charge in [-0.05, 0) is 41.6 Å². The van der Waals surface area contributed by atoms with Gasteiger partial charge in [0.25, 0.3) is 5.69 Å². The molecule has 0 fully saturated rings. The molecule has 132 valence electrons. The second-order valence-corrected chi connectivity index (χ2v) is 6.47. The zero-order valence-electron chi connectivity index (χ0n) is 13.0. The van der Waals surface area contributed by atoms with E-state index in [9.17, 15) is 14.9 Å². The van der Waals surface area contributed by atoms with Crippen molar-refractivity contribution in [3.63, 3.8) is 0 Å². The fraction of sp³-hybridized carbons (Fsp3) is 0.0667. The smallest absolute Gasteiger partial charge is 0.294 e. The van der Waals surface area contributed by atoms with Gasteiger partial charge >= 0.3 is 0 Å². The van der Waals surface area contributed by atoms with Crippen LogP contribution in [0.3, 0.4) is 0 Å². The summed E-state index contributed by atoms with van der Waals surface area (Å²) >= 11 is 9.08. The number of nitrogens with zero attached hydrogens (tertiary/aromatic N) is 5.